The number of aromatic nitrogens is 2. The summed E-state index contributed by atoms with van der Waals surface area (Å²) in [5.41, 5.74) is 1.39. The fourth-order valence-electron chi connectivity index (χ4n) is 2.34. The number of nitrogens with one attached hydrogen (secondary N) is 1. The molecule has 1 aromatic heterocycles. The molecule has 1 saturated carbocycles. The van der Waals surface area contributed by atoms with Crippen LogP contribution in [-0.4, -0.2) is 32.9 Å². The number of fused-ring (bicyclic) bond motifs is 1. The van der Waals surface area contributed by atoms with Crippen molar-refractivity contribution in [3.8, 4) is 0 Å². The fraction of sp³-hybridized carbons (Fsp3) is 0.385. The maximum Gasteiger partial charge on any atom is 0.272 e. The molecule has 1 aliphatic rings. The Labute approximate surface area is 104 Å². The van der Waals surface area contributed by atoms with E-state index in [4.69, 9.17) is 0 Å². The van der Waals surface area contributed by atoms with Crippen molar-refractivity contribution in [1.29, 1.82) is 0 Å². The molecule has 1 fully saturated rings. The van der Waals surface area contributed by atoms with E-state index < -0.39 is 0 Å². The number of nitrogens with zero attached hydrogens (tertiary/aromatic N) is 2. The van der Waals surface area contributed by atoms with Crippen LogP contribution in [0.15, 0.2) is 24.3 Å². The summed E-state index contributed by atoms with van der Waals surface area (Å²) in [6.45, 7) is 0. The molecule has 0 aliphatic heterocycles. The number of aryl methyl sites for hydroxylation is 1. The molecule has 1 amide bonds. The number of para-hydroxylation sites is 1. The molecular formula is C13H15N3O2. The van der Waals surface area contributed by atoms with Gasteiger partial charge in [-0.05, 0) is 18.9 Å². The van der Waals surface area contributed by atoms with E-state index in [1.54, 1.807) is 4.68 Å². The van der Waals surface area contributed by atoms with Gasteiger partial charge in [-0.1, -0.05) is 18.2 Å². The smallest absolute Gasteiger partial charge is 0.272 e. The lowest BCUT2D eigenvalue weighted by Crippen LogP contribution is -2.46. The van der Waals surface area contributed by atoms with E-state index in [1.165, 1.54) is 0 Å². The summed E-state index contributed by atoms with van der Waals surface area (Å²) in [6.07, 6.45) is 1.00. The van der Waals surface area contributed by atoms with Crippen LogP contribution in [0.5, 0.6) is 0 Å². The van der Waals surface area contributed by atoms with Crippen LogP contribution in [-0.2, 0) is 7.05 Å². The van der Waals surface area contributed by atoms with Crippen LogP contribution in [0.3, 0.4) is 0 Å². The molecule has 94 valence electrons. The van der Waals surface area contributed by atoms with Gasteiger partial charge in [-0.25, -0.2) is 0 Å². The van der Waals surface area contributed by atoms with Gasteiger partial charge >= 0.3 is 0 Å². The summed E-state index contributed by atoms with van der Waals surface area (Å²) in [6, 6.07) is 7.73. The number of aliphatic hydroxyl groups is 1. The molecule has 0 radical (unpaired) electrons. The van der Waals surface area contributed by atoms with Crippen molar-refractivity contribution in [1.82, 2.24) is 15.1 Å². The van der Waals surface area contributed by atoms with Crippen LogP contribution in [0.2, 0.25) is 0 Å². The fourth-order valence-corrected chi connectivity index (χ4v) is 2.34. The molecule has 0 spiro atoms. The summed E-state index contributed by atoms with van der Waals surface area (Å²) < 4.78 is 1.71. The van der Waals surface area contributed by atoms with Crippen molar-refractivity contribution < 1.29 is 9.90 Å². The summed E-state index contributed by atoms with van der Waals surface area (Å²) in [4.78, 5) is 12.1. The van der Waals surface area contributed by atoms with Gasteiger partial charge in [0.05, 0.1) is 11.6 Å². The van der Waals surface area contributed by atoms with Crippen LogP contribution in [0, 0.1) is 0 Å². The Morgan fingerprint density at radius 2 is 2.17 bits per heavy atom. The first-order chi connectivity index (χ1) is 8.65. The largest absolute Gasteiger partial charge is 0.393 e. The number of carbonyl (C=O) groups excluding carboxylic acids is 1. The summed E-state index contributed by atoms with van der Waals surface area (Å²) in [5.74, 6) is -0.163. The number of hydrogen-bond donors (Lipinski definition) is 2. The topological polar surface area (TPSA) is 67.2 Å². The third kappa shape index (κ3) is 1.76. The summed E-state index contributed by atoms with van der Waals surface area (Å²) in [5, 5.41) is 17.2. The standard InChI is InChI=1S/C13H15N3O2/c1-16-11-5-3-2-4-10(11)12(15-16)13(18)14-8-6-9(17)7-8/h2-5,8-9,17H,6-7H2,1H3,(H,14,18)/t8-,9+. The SMILES string of the molecule is Cn1nc(C(=O)N[C@H]2C[C@@H](O)C2)c2ccccc21. The third-order valence-corrected chi connectivity index (χ3v) is 3.42. The summed E-state index contributed by atoms with van der Waals surface area (Å²) >= 11 is 0. The van der Waals surface area contributed by atoms with Crippen molar-refractivity contribution in [3.05, 3.63) is 30.0 Å². The Morgan fingerprint density at radius 1 is 1.44 bits per heavy atom. The van der Waals surface area contributed by atoms with E-state index in [0.717, 1.165) is 10.9 Å². The zero-order valence-corrected chi connectivity index (χ0v) is 10.1. The van der Waals surface area contributed by atoms with Gasteiger partial charge in [0.25, 0.3) is 5.91 Å². The molecule has 18 heavy (non-hydrogen) atoms. The molecule has 0 unspecified atom stereocenters. The number of benzene rings is 1. The Morgan fingerprint density at radius 3 is 2.89 bits per heavy atom. The first-order valence-corrected chi connectivity index (χ1v) is 6.06. The molecule has 5 heteroatoms. The van der Waals surface area contributed by atoms with E-state index in [2.05, 4.69) is 10.4 Å². The second-order valence-electron chi connectivity index (χ2n) is 4.78. The van der Waals surface area contributed by atoms with Crippen LogP contribution < -0.4 is 5.32 Å². The molecule has 2 aromatic rings. The van der Waals surface area contributed by atoms with Crippen LogP contribution in [0.1, 0.15) is 23.3 Å². The Bertz CT molecular complexity index is 599. The van der Waals surface area contributed by atoms with Crippen LogP contribution in [0.4, 0.5) is 0 Å². The lowest BCUT2D eigenvalue weighted by atomic mass is 9.89. The second-order valence-corrected chi connectivity index (χ2v) is 4.78. The Hall–Kier alpha value is -1.88. The number of aliphatic hydroxyl groups excluding tert-OH is 1. The van der Waals surface area contributed by atoms with Crippen LogP contribution >= 0.6 is 0 Å². The first kappa shape index (κ1) is 11.2. The van der Waals surface area contributed by atoms with Gasteiger partial charge in [0, 0.05) is 18.5 Å². The van der Waals surface area contributed by atoms with E-state index in [9.17, 15) is 9.90 Å². The maximum absolute atomic E-state index is 12.1. The zero-order valence-electron chi connectivity index (χ0n) is 10.1. The number of rotatable bonds is 2. The lowest BCUT2D eigenvalue weighted by Gasteiger charge is -2.31. The second kappa shape index (κ2) is 4.10. The molecule has 1 aliphatic carbocycles. The highest BCUT2D eigenvalue weighted by molar-refractivity contribution is 6.04. The van der Waals surface area contributed by atoms with Gasteiger partial charge in [-0.3, -0.25) is 9.48 Å². The van der Waals surface area contributed by atoms with Gasteiger partial charge in [0.15, 0.2) is 5.69 Å². The van der Waals surface area contributed by atoms with Crippen LogP contribution in [0.25, 0.3) is 10.9 Å². The average Bonchev–Trinajstić information content (AvgIpc) is 2.66. The van der Waals surface area contributed by atoms with Gasteiger partial charge in [0.1, 0.15) is 0 Å². The molecule has 2 N–H and O–H groups in total. The monoisotopic (exact) mass is 245 g/mol. The van der Waals surface area contributed by atoms with Gasteiger partial charge in [0.2, 0.25) is 0 Å². The highest BCUT2D eigenvalue weighted by atomic mass is 16.3. The minimum absolute atomic E-state index is 0.0771. The number of amides is 1. The molecule has 3 rings (SSSR count). The average molecular weight is 245 g/mol. The molecule has 0 atom stereocenters. The third-order valence-electron chi connectivity index (χ3n) is 3.42. The number of carbonyl (C=O) groups is 1. The van der Waals surface area contributed by atoms with E-state index in [-0.39, 0.29) is 18.1 Å². The molecule has 5 nitrogen and oxygen atoms in total. The van der Waals surface area contributed by atoms with Gasteiger partial charge < -0.3 is 10.4 Å². The lowest BCUT2D eigenvalue weighted by molar-refractivity contribution is 0.0561. The highest BCUT2D eigenvalue weighted by Gasteiger charge is 2.29. The van der Waals surface area contributed by atoms with Crippen molar-refractivity contribution in [2.75, 3.05) is 0 Å². The molecule has 0 bridgehead atoms. The predicted molar refractivity (Wildman–Crippen MR) is 67.2 cm³/mol. The van der Waals surface area contributed by atoms with Crippen molar-refractivity contribution in [3.63, 3.8) is 0 Å². The summed E-state index contributed by atoms with van der Waals surface area (Å²) in [7, 11) is 1.83. The number of hydrogen-bond acceptors (Lipinski definition) is 3. The Kier molecular flexibility index (Phi) is 2.56. The van der Waals surface area contributed by atoms with Crippen molar-refractivity contribution in [2.24, 2.45) is 7.05 Å². The van der Waals surface area contributed by atoms with Crippen molar-refractivity contribution in [2.45, 2.75) is 25.0 Å². The first-order valence-electron chi connectivity index (χ1n) is 6.06. The normalized spacial score (nSPS) is 22.8. The zero-order chi connectivity index (χ0) is 12.7. The highest BCUT2D eigenvalue weighted by Crippen LogP contribution is 2.21. The molecular weight excluding hydrogens is 230 g/mol. The van der Waals surface area contributed by atoms with E-state index in [1.807, 2.05) is 31.3 Å². The minimum atomic E-state index is -0.268. The van der Waals surface area contributed by atoms with E-state index >= 15 is 0 Å². The minimum Gasteiger partial charge on any atom is -0.393 e. The Balaban J connectivity index is 1.87. The molecule has 0 saturated heterocycles. The van der Waals surface area contributed by atoms with E-state index in [0.29, 0.717) is 18.5 Å². The predicted octanol–water partition coefficient (Wildman–Crippen LogP) is 0.826. The van der Waals surface area contributed by atoms with Gasteiger partial charge in [-0.15, -0.1) is 0 Å². The molecule has 1 aromatic carbocycles. The van der Waals surface area contributed by atoms with Gasteiger partial charge in [-0.2, -0.15) is 5.10 Å². The maximum atomic E-state index is 12.1. The quantitative estimate of drug-likeness (QED) is 0.823. The molecule has 1 heterocycles. The van der Waals surface area contributed by atoms with Crippen molar-refractivity contribution >= 4 is 16.8 Å².